The number of nitrogens with zero attached hydrogens (tertiary/aromatic N) is 1. The first-order valence-corrected chi connectivity index (χ1v) is 7.12. The lowest BCUT2D eigenvalue weighted by molar-refractivity contribution is 0.405. The molecule has 1 aliphatic rings. The van der Waals surface area contributed by atoms with E-state index in [2.05, 4.69) is 0 Å². The Morgan fingerprint density at radius 3 is 2.75 bits per heavy atom. The van der Waals surface area contributed by atoms with Crippen LogP contribution in [0.5, 0.6) is 0 Å². The van der Waals surface area contributed by atoms with Gasteiger partial charge in [0.15, 0.2) is 0 Å². The van der Waals surface area contributed by atoms with Crippen molar-refractivity contribution in [2.24, 2.45) is 5.73 Å². The minimum Gasteiger partial charge on any atom is -0.324 e. The summed E-state index contributed by atoms with van der Waals surface area (Å²) < 4.78 is 24.6. The van der Waals surface area contributed by atoms with Crippen molar-refractivity contribution in [1.82, 2.24) is 4.31 Å². The van der Waals surface area contributed by atoms with Crippen LogP contribution in [0, 0.1) is 0 Å². The molecule has 0 spiro atoms. The SMILES string of the molecule is CS(=O)(=O)N1CCC(N)c2ccccc2C1. The number of hydrogen-bond acceptors (Lipinski definition) is 3. The molecule has 1 aliphatic heterocycles. The Bertz CT molecular complexity index is 485. The molecule has 88 valence electrons. The molecule has 16 heavy (non-hydrogen) atoms. The van der Waals surface area contributed by atoms with Crippen LogP contribution in [-0.4, -0.2) is 25.5 Å². The van der Waals surface area contributed by atoms with Gasteiger partial charge in [-0.15, -0.1) is 0 Å². The number of benzene rings is 1. The van der Waals surface area contributed by atoms with Gasteiger partial charge < -0.3 is 5.73 Å². The standard InChI is InChI=1S/C11H16N2O2S/c1-16(14,15)13-7-6-11(12)10-5-3-2-4-9(10)8-13/h2-5,11H,6-8,12H2,1H3. The predicted octanol–water partition coefficient (Wildman–Crippen LogP) is 0.852. The van der Waals surface area contributed by atoms with E-state index in [1.54, 1.807) is 0 Å². The summed E-state index contributed by atoms with van der Waals surface area (Å²) in [6, 6.07) is 7.71. The summed E-state index contributed by atoms with van der Waals surface area (Å²) in [5, 5.41) is 0. The van der Waals surface area contributed by atoms with E-state index in [0.717, 1.165) is 11.1 Å². The Labute approximate surface area is 96.1 Å². The third-order valence-corrected chi connectivity index (χ3v) is 4.21. The van der Waals surface area contributed by atoms with Crippen LogP contribution in [0.4, 0.5) is 0 Å². The van der Waals surface area contributed by atoms with Crippen LogP contribution in [0.3, 0.4) is 0 Å². The third-order valence-electron chi connectivity index (χ3n) is 2.96. The van der Waals surface area contributed by atoms with Crippen LogP contribution >= 0.6 is 0 Å². The Morgan fingerprint density at radius 1 is 1.38 bits per heavy atom. The molecule has 0 aliphatic carbocycles. The van der Waals surface area contributed by atoms with Crippen molar-refractivity contribution in [2.75, 3.05) is 12.8 Å². The molecule has 2 N–H and O–H groups in total. The maximum absolute atomic E-state index is 11.5. The fourth-order valence-electron chi connectivity index (χ4n) is 2.03. The van der Waals surface area contributed by atoms with Gasteiger partial charge in [0.1, 0.15) is 0 Å². The molecular formula is C11H16N2O2S. The predicted molar refractivity (Wildman–Crippen MR) is 63.2 cm³/mol. The summed E-state index contributed by atoms with van der Waals surface area (Å²) in [6.07, 6.45) is 1.91. The van der Waals surface area contributed by atoms with Gasteiger partial charge in [-0.1, -0.05) is 24.3 Å². The van der Waals surface area contributed by atoms with Crippen molar-refractivity contribution in [2.45, 2.75) is 19.0 Å². The van der Waals surface area contributed by atoms with Gasteiger partial charge in [-0.25, -0.2) is 8.42 Å². The van der Waals surface area contributed by atoms with Gasteiger partial charge >= 0.3 is 0 Å². The van der Waals surface area contributed by atoms with E-state index in [4.69, 9.17) is 5.73 Å². The van der Waals surface area contributed by atoms with Gasteiger partial charge in [-0.3, -0.25) is 0 Å². The Hall–Kier alpha value is -0.910. The highest BCUT2D eigenvalue weighted by Crippen LogP contribution is 2.25. The Morgan fingerprint density at radius 2 is 2.06 bits per heavy atom. The van der Waals surface area contributed by atoms with Crippen molar-refractivity contribution in [3.8, 4) is 0 Å². The Kier molecular flexibility index (Phi) is 3.01. The van der Waals surface area contributed by atoms with Gasteiger partial charge in [-0.2, -0.15) is 4.31 Å². The molecule has 2 rings (SSSR count). The first-order chi connectivity index (χ1) is 7.48. The largest absolute Gasteiger partial charge is 0.324 e. The summed E-state index contributed by atoms with van der Waals surface area (Å²) in [4.78, 5) is 0. The molecule has 1 heterocycles. The molecule has 0 fully saturated rings. The second kappa shape index (κ2) is 4.16. The highest BCUT2D eigenvalue weighted by atomic mass is 32.2. The fourth-order valence-corrected chi connectivity index (χ4v) is 2.84. The highest BCUT2D eigenvalue weighted by Gasteiger charge is 2.24. The van der Waals surface area contributed by atoms with Crippen molar-refractivity contribution >= 4 is 10.0 Å². The number of sulfonamides is 1. The number of rotatable bonds is 1. The maximum atomic E-state index is 11.5. The molecule has 0 saturated carbocycles. The van der Waals surface area contributed by atoms with Crippen LogP contribution in [-0.2, 0) is 16.6 Å². The summed E-state index contributed by atoms with van der Waals surface area (Å²) >= 11 is 0. The van der Waals surface area contributed by atoms with Crippen molar-refractivity contribution in [3.63, 3.8) is 0 Å². The summed E-state index contributed by atoms with van der Waals surface area (Å²) in [5.41, 5.74) is 8.11. The molecular weight excluding hydrogens is 224 g/mol. The van der Waals surface area contributed by atoms with Gasteiger partial charge in [-0.05, 0) is 17.5 Å². The van der Waals surface area contributed by atoms with E-state index in [1.165, 1.54) is 10.6 Å². The van der Waals surface area contributed by atoms with Crippen LogP contribution in [0.25, 0.3) is 0 Å². The van der Waals surface area contributed by atoms with Gasteiger partial charge in [0.2, 0.25) is 10.0 Å². The third kappa shape index (κ3) is 2.26. The van der Waals surface area contributed by atoms with Gasteiger partial charge in [0.25, 0.3) is 0 Å². The smallest absolute Gasteiger partial charge is 0.211 e. The molecule has 0 aromatic heterocycles. The second-order valence-corrected chi connectivity index (χ2v) is 6.17. The van der Waals surface area contributed by atoms with Crippen LogP contribution in [0.1, 0.15) is 23.6 Å². The van der Waals surface area contributed by atoms with Crippen LogP contribution in [0.15, 0.2) is 24.3 Å². The zero-order valence-electron chi connectivity index (χ0n) is 9.26. The summed E-state index contributed by atoms with van der Waals surface area (Å²) in [5.74, 6) is 0. The quantitative estimate of drug-likeness (QED) is 0.791. The van der Waals surface area contributed by atoms with E-state index in [9.17, 15) is 8.42 Å². The lowest BCUT2D eigenvalue weighted by Gasteiger charge is -2.17. The minimum absolute atomic E-state index is 0.0667. The molecule has 1 aromatic carbocycles. The minimum atomic E-state index is -3.14. The monoisotopic (exact) mass is 240 g/mol. The highest BCUT2D eigenvalue weighted by molar-refractivity contribution is 7.88. The van der Waals surface area contributed by atoms with Crippen molar-refractivity contribution in [1.29, 1.82) is 0 Å². The molecule has 0 bridgehead atoms. The van der Waals surface area contributed by atoms with Gasteiger partial charge in [0, 0.05) is 19.1 Å². The topological polar surface area (TPSA) is 63.4 Å². The maximum Gasteiger partial charge on any atom is 0.211 e. The molecule has 0 radical (unpaired) electrons. The summed E-state index contributed by atoms with van der Waals surface area (Å²) in [7, 11) is -3.14. The molecule has 5 heteroatoms. The number of hydrogen-bond donors (Lipinski definition) is 1. The molecule has 1 atom stereocenters. The average molecular weight is 240 g/mol. The van der Waals surface area contributed by atoms with E-state index >= 15 is 0 Å². The molecule has 0 amide bonds. The lowest BCUT2D eigenvalue weighted by atomic mass is 10.0. The normalized spacial score (nSPS) is 22.5. The fraction of sp³-hybridized carbons (Fsp3) is 0.455. The first-order valence-electron chi connectivity index (χ1n) is 5.27. The van der Waals surface area contributed by atoms with E-state index in [1.807, 2.05) is 24.3 Å². The number of fused-ring (bicyclic) bond motifs is 1. The average Bonchev–Trinajstić information content (AvgIpc) is 2.38. The lowest BCUT2D eigenvalue weighted by Crippen LogP contribution is -2.29. The Balaban J connectivity index is 2.39. The van der Waals surface area contributed by atoms with Crippen LogP contribution < -0.4 is 5.73 Å². The number of nitrogens with two attached hydrogens (primary N) is 1. The second-order valence-electron chi connectivity index (χ2n) is 4.19. The van der Waals surface area contributed by atoms with E-state index in [0.29, 0.717) is 19.5 Å². The molecule has 0 saturated heterocycles. The molecule has 4 nitrogen and oxygen atoms in total. The van der Waals surface area contributed by atoms with Crippen LogP contribution in [0.2, 0.25) is 0 Å². The van der Waals surface area contributed by atoms with E-state index < -0.39 is 10.0 Å². The summed E-state index contributed by atoms with van der Waals surface area (Å²) in [6.45, 7) is 0.928. The zero-order chi connectivity index (χ0) is 11.8. The van der Waals surface area contributed by atoms with Gasteiger partial charge in [0.05, 0.1) is 6.26 Å². The molecule has 1 aromatic rings. The first kappa shape index (κ1) is 11.6. The molecule has 1 unspecified atom stereocenters. The van der Waals surface area contributed by atoms with E-state index in [-0.39, 0.29) is 6.04 Å². The van der Waals surface area contributed by atoms with Crippen molar-refractivity contribution < 1.29 is 8.42 Å². The zero-order valence-corrected chi connectivity index (χ0v) is 10.1. The van der Waals surface area contributed by atoms with Crippen molar-refractivity contribution in [3.05, 3.63) is 35.4 Å².